The summed E-state index contributed by atoms with van der Waals surface area (Å²) >= 11 is 0. The average Bonchev–Trinajstić information content (AvgIpc) is 3.20. The Kier molecular flexibility index (Phi) is 7.04. The van der Waals surface area contributed by atoms with Gasteiger partial charge in [-0.3, -0.25) is 24.6 Å². The predicted molar refractivity (Wildman–Crippen MR) is 136 cm³/mol. The van der Waals surface area contributed by atoms with E-state index in [1.165, 1.54) is 11.2 Å². The summed E-state index contributed by atoms with van der Waals surface area (Å²) in [6.07, 6.45) is 3.22. The summed E-state index contributed by atoms with van der Waals surface area (Å²) in [4.78, 5) is 40.6. The zero-order valence-corrected chi connectivity index (χ0v) is 21.6. The Balaban J connectivity index is 1.18. The van der Waals surface area contributed by atoms with E-state index in [0.717, 1.165) is 36.3 Å². The molecule has 0 saturated carbocycles. The third kappa shape index (κ3) is 5.55. The zero-order chi connectivity index (χ0) is 26.2. The van der Waals surface area contributed by atoms with E-state index in [-0.39, 0.29) is 30.0 Å². The fraction of sp³-hybridized carbons (Fsp3) is 0.444. The molecule has 0 radical (unpaired) electrons. The summed E-state index contributed by atoms with van der Waals surface area (Å²) in [5, 5.41) is 2.09. The Morgan fingerprint density at radius 3 is 2.35 bits per heavy atom. The second kappa shape index (κ2) is 10.3. The van der Waals surface area contributed by atoms with E-state index in [0.29, 0.717) is 37.2 Å². The quantitative estimate of drug-likeness (QED) is 0.551. The summed E-state index contributed by atoms with van der Waals surface area (Å²) in [6, 6.07) is 12.8. The largest absolute Gasteiger partial charge is 0.489 e. The van der Waals surface area contributed by atoms with Gasteiger partial charge in [0, 0.05) is 30.3 Å². The second-order valence-corrected chi connectivity index (χ2v) is 12.4. The number of hydrogen-bond acceptors (Lipinski definition) is 7. The van der Waals surface area contributed by atoms with Crippen LogP contribution in [0.3, 0.4) is 0 Å². The summed E-state index contributed by atoms with van der Waals surface area (Å²) in [6.45, 7) is 2.93. The lowest BCUT2D eigenvalue weighted by molar-refractivity contribution is -0.136. The SMILES string of the molecule is CS(=O)(=O)C1CCN(Cc2ccc(COc3cccc4c3CN(C3CCC(=O)NC3=O)C4=O)cc2)CC1. The lowest BCUT2D eigenvalue weighted by atomic mass is 10.0. The molecule has 196 valence electrons. The molecule has 3 amide bonds. The van der Waals surface area contributed by atoms with Gasteiger partial charge in [0.05, 0.1) is 11.8 Å². The maximum absolute atomic E-state index is 13.0. The molecule has 0 aromatic heterocycles. The molecule has 2 saturated heterocycles. The maximum Gasteiger partial charge on any atom is 0.255 e. The topological polar surface area (TPSA) is 113 Å². The van der Waals surface area contributed by atoms with Gasteiger partial charge in [0.25, 0.3) is 5.91 Å². The van der Waals surface area contributed by atoms with Crippen LogP contribution in [0, 0.1) is 0 Å². The molecule has 9 nitrogen and oxygen atoms in total. The Hall–Kier alpha value is -3.24. The summed E-state index contributed by atoms with van der Waals surface area (Å²) in [5.74, 6) is -0.352. The van der Waals surface area contributed by atoms with Crippen molar-refractivity contribution < 1.29 is 27.5 Å². The number of amides is 3. The van der Waals surface area contributed by atoms with Gasteiger partial charge in [-0.15, -0.1) is 0 Å². The number of sulfone groups is 1. The standard InChI is InChI=1S/C27H31N3O6S/c1-37(34,35)20-11-13-29(14-12-20)15-18-5-7-19(8-6-18)17-36-24-4-2-3-21-22(24)16-30(27(21)33)23-9-10-25(31)28-26(23)32/h2-8,20,23H,9-17H2,1H3,(H,28,31,32). The molecule has 3 heterocycles. The van der Waals surface area contributed by atoms with Crippen LogP contribution in [0.4, 0.5) is 0 Å². The van der Waals surface area contributed by atoms with Gasteiger partial charge in [-0.2, -0.15) is 0 Å². The summed E-state index contributed by atoms with van der Waals surface area (Å²) < 4.78 is 29.6. The number of likely N-dealkylation sites (tertiary alicyclic amines) is 1. The number of rotatable bonds is 7. The van der Waals surface area contributed by atoms with Crippen molar-refractivity contribution in [3.8, 4) is 5.75 Å². The predicted octanol–water partition coefficient (Wildman–Crippen LogP) is 2.04. The number of carbonyl (C=O) groups excluding carboxylic acids is 3. The first-order chi connectivity index (χ1) is 17.7. The Labute approximate surface area is 216 Å². The van der Waals surface area contributed by atoms with E-state index in [1.807, 2.05) is 18.2 Å². The number of hydrogen-bond donors (Lipinski definition) is 1. The smallest absolute Gasteiger partial charge is 0.255 e. The third-order valence-electron chi connectivity index (χ3n) is 7.50. The van der Waals surface area contributed by atoms with Gasteiger partial charge < -0.3 is 9.64 Å². The number of ether oxygens (including phenoxy) is 1. The van der Waals surface area contributed by atoms with Crippen LogP contribution < -0.4 is 10.1 Å². The minimum absolute atomic E-state index is 0.217. The first kappa shape index (κ1) is 25.4. The first-order valence-electron chi connectivity index (χ1n) is 12.6. The van der Waals surface area contributed by atoms with Crippen LogP contribution in [0.2, 0.25) is 0 Å². The Morgan fingerprint density at radius 2 is 1.68 bits per heavy atom. The summed E-state index contributed by atoms with van der Waals surface area (Å²) in [7, 11) is -2.97. The van der Waals surface area contributed by atoms with Crippen molar-refractivity contribution in [2.24, 2.45) is 0 Å². The van der Waals surface area contributed by atoms with Crippen molar-refractivity contribution in [2.45, 2.75) is 56.7 Å². The molecule has 5 rings (SSSR count). The molecule has 0 bridgehead atoms. The first-order valence-corrected chi connectivity index (χ1v) is 14.5. The second-order valence-electron chi connectivity index (χ2n) is 10.1. The number of nitrogens with zero attached hydrogens (tertiary/aromatic N) is 2. The highest BCUT2D eigenvalue weighted by Gasteiger charge is 2.40. The lowest BCUT2D eigenvalue weighted by Crippen LogP contribution is -2.52. The average molecular weight is 526 g/mol. The molecule has 37 heavy (non-hydrogen) atoms. The van der Waals surface area contributed by atoms with Gasteiger partial charge >= 0.3 is 0 Å². The lowest BCUT2D eigenvalue weighted by Gasteiger charge is -2.31. The highest BCUT2D eigenvalue weighted by Crippen LogP contribution is 2.34. The highest BCUT2D eigenvalue weighted by atomic mass is 32.2. The fourth-order valence-corrected chi connectivity index (χ4v) is 6.42. The van der Waals surface area contributed by atoms with E-state index in [9.17, 15) is 22.8 Å². The summed E-state index contributed by atoms with van der Waals surface area (Å²) in [5.41, 5.74) is 3.43. The monoisotopic (exact) mass is 525 g/mol. The minimum Gasteiger partial charge on any atom is -0.489 e. The Bertz CT molecular complexity index is 1320. The van der Waals surface area contributed by atoms with Crippen LogP contribution in [0.25, 0.3) is 0 Å². The van der Waals surface area contributed by atoms with E-state index < -0.39 is 21.8 Å². The van der Waals surface area contributed by atoms with Crippen molar-refractivity contribution in [3.05, 3.63) is 64.7 Å². The minimum atomic E-state index is -2.97. The number of nitrogens with one attached hydrogen (secondary N) is 1. The molecule has 2 aromatic carbocycles. The molecule has 1 N–H and O–H groups in total. The van der Waals surface area contributed by atoms with E-state index >= 15 is 0 Å². The Morgan fingerprint density at radius 1 is 0.973 bits per heavy atom. The normalized spacial score (nSPS) is 21.2. The van der Waals surface area contributed by atoms with Crippen LogP contribution >= 0.6 is 0 Å². The molecule has 10 heteroatoms. The van der Waals surface area contributed by atoms with E-state index in [1.54, 1.807) is 12.1 Å². The molecule has 0 spiro atoms. The van der Waals surface area contributed by atoms with Crippen LogP contribution in [0.15, 0.2) is 42.5 Å². The number of benzene rings is 2. The van der Waals surface area contributed by atoms with E-state index in [2.05, 4.69) is 22.3 Å². The molecule has 2 aromatic rings. The maximum atomic E-state index is 13.0. The van der Waals surface area contributed by atoms with Crippen molar-refractivity contribution in [3.63, 3.8) is 0 Å². The molecular formula is C27H31N3O6S. The number of carbonyl (C=O) groups is 3. The van der Waals surface area contributed by atoms with Crippen molar-refractivity contribution in [1.82, 2.24) is 15.1 Å². The number of imide groups is 1. The van der Waals surface area contributed by atoms with Gasteiger partial charge in [0.2, 0.25) is 11.8 Å². The van der Waals surface area contributed by atoms with Gasteiger partial charge in [-0.1, -0.05) is 30.3 Å². The van der Waals surface area contributed by atoms with Gasteiger partial charge in [-0.25, -0.2) is 8.42 Å². The number of fused-ring (bicyclic) bond motifs is 1. The van der Waals surface area contributed by atoms with Gasteiger partial charge in [0.1, 0.15) is 28.2 Å². The molecule has 0 aliphatic carbocycles. The highest BCUT2D eigenvalue weighted by molar-refractivity contribution is 7.91. The number of piperidine rings is 2. The molecule has 3 aliphatic heterocycles. The fourth-order valence-electron chi connectivity index (χ4n) is 5.35. The van der Waals surface area contributed by atoms with Gasteiger partial charge in [-0.05, 0) is 55.6 Å². The molecule has 3 aliphatic rings. The van der Waals surface area contributed by atoms with Crippen LogP contribution in [-0.2, 0) is 39.1 Å². The van der Waals surface area contributed by atoms with Crippen LogP contribution in [0.5, 0.6) is 5.75 Å². The third-order valence-corrected chi connectivity index (χ3v) is 9.19. The zero-order valence-electron chi connectivity index (χ0n) is 20.8. The molecule has 1 unspecified atom stereocenters. The van der Waals surface area contributed by atoms with Crippen LogP contribution in [0.1, 0.15) is 52.7 Å². The van der Waals surface area contributed by atoms with Crippen LogP contribution in [-0.4, -0.2) is 66.6 Å². The molecule has 1 atom stereocenters. The van der Waals surface area contributed by atoms with E-state index in [4.69, 9.17) is 4.74 Å². The molecular weight excluding hydrogens is 494 g/mol. The molecule has 2 fully saturated rings. The van der Waals surface area contributed by atoms with Crippen molar-refractivity contribution >= 4 is 27.6 Å². The van der Waals surface area contributed by atoms with Gasteiger partial charge in [0.15, 0.2) is 0 Å². The van der Waals surface area contributed by atoms with Crippen molar-refractivity contribution in [1.29, 1.82) is 0 Å². The van der Waals surface area contributed by atoms with Crippen molar-refractivity contribution in [2.75, 3.05) is 19.3 Å².